The molecule has 6 heteroatoms. The summed E-state index contributed by atoms with van der Waals surface area (Å²) in [5.74, 6) is -0.761. The Balaban J connectivity index is 1.98. The van der Waals surface area contributed by atoms with Gasteiger partial charge in [0.1, 0.15) is 17.6 Å². The second-order valence-corrected chi connectivity index (χ2v) is 5.86. The van der Waals surface area contributed by atoms with Gasteiger partial charge >= 0.3 is 0 Å². The summed E-state index contributed by atoms with van der Waals surface area (Å²) in [6.45, 7) is 3.77. The summed E-state index contributed by atoms with van der Waals surface area (Å²) in [5.41, 5.74) is 0.671. The molecule has 0 spiro atoms. The predicted molar refractivity (Wildman–Crippen MR) is 98.4 cm³/mol. The van der Waals surface area contributed by atoms with E-state index in [-0.39, 0.29) is 24.2 Å². The molecule has 0 saturated heterocycles. The van der Waals surface area contributed by atoms with E-state index in [1.165, 1.54) is 23.1 Å². The van der Waals surface area contributed by atoms with Crippen LogP contribution in [0.2, 0.25) is 0 Å². The smallest absolute Gasteiger partial charge is 0.261 e. The highest BCUT2D eigenvalue weighted by Gasteiger charge is 2.25. The largest absolute Gasteiger partial charge is 0.484 e. The van der Waals surface area contributed by atoms with Gasteiger partial charge in [0.2, 0.25) is 5.91 Å². The van der Waals surface area contributed by atoms with E-state index < -0.39 is 11.9 Å². The van der Waals surface area contributed by atoms with Crippen molar-refractivity contribution in [1.29, 1.82) is 0 Å². The summed E-state index contributed by atoms with van der Waals surface area (Å²) in [6.07, 6.45) is 0.703. The Morgan fingerprint density at radius 2 is 1.88 bits per heavy atom. The van der Waals surface area contributed by atoms with Crippen LogP contribution in [0.4, 0.5) is 10.1 Å². The van der Waals surface area contributed by atoms with Crippen molar-refractivity contribution >= 4 is 17.5 Å². The van der Waals surface area contributed by atoms with Crippen LogP contribution in [0.1, 0.15) is 20.3 Å². The van der Waals surface area contributed by atoms with Crippen LogP contribution in [0.25, 0.3) is 0 Å². The maximum absolute atomic E-state index is 13.2. The van der Waals surface area contributed by atoms with E-state index in [1.54, 1.807) is 25.1 Å². The van der Waals surface area contributed by atoms with Crippen molar-refractivity contribution < 1.29 is 18.7 Å². The maximum atomic E-state index is 13.2. The van der Waals surface area contributed by atoms with Crippen LogP contribution >= 0.6 is 0 Å². The molecule has 0 heterocycles. The van der Waals surface area contributed by atoms with Crippen LogP contribution in [-0.4, -0.2) is 35.9 Å². The Labute approximate surface area is 152 Å². The third-order valence-electron chi connectivity index (χ3n) is 3.83. The van der Waals surface area contributed by atoms with Crippen molar-refractivity contribution in [2.75, 3.05) is 18.5 Å². The first-order valence-corrected chi connectivity index (χ1v) is 8.55. The minimum absolute atomic E-state index is 0.258. The minimum Gasteiger partial charge on any atom is -0.484 e. The third-order valence-corrected chi connectivity index (χ3v) is 3.83. The highest BCUT2D eigenvalue weighted by atomic mass is 19.1. The predicted octanol–water partition coefficient (Wildman–Crippen LogP) is 3.47. The summed E-state index contributed by atoms with van der Waals surface area (Å²) in [5, 5.41) is 2.79. The quantitative estimate of drug-likeness (QED) is 0.786. The SMILES string of the molecule is CCCN(C(=O)COc1cccc(F)c1)C(C)C(=O)Nc1ccccc1. The normalized spacial score (nSPS) is 11.5. The number of nitrogens with zero attached hydrogens (tertiary/aromatic N) is 1. The molecule has 0 aliphatic rings. The lowest BCUT2D eigenvalue weighted by Gasteiger charge is -2.28. The number of hydrogen-bond donors (Lipinski definition) is 1. The second-order valence-electron chi connectivity index (χ2n) is 5.86. The molecule has 0 aromatic heterocycles. The fraction of sp³-hybridized carbons (Fsp3) is 0.300. The van der Waals surface area contributed by atoms with Gasteiger partial charge in [-0.1, -0.05) is 31.2 Å². The molecule has 0 radical (unpaired) electrons. The molecule has 0 bridgehead atoms. The Kier molecular flexibility index (Phi) is 7.14. The summed E-state index contributed by atoms with van der Waals surface area (Å²) in [6, 6.07) is 14.0. The molecular formula is C20H23FN2O3. The number of carbonyl (C=O) groups excluding carboxylic acids is 2. The first-order valence-electron chi connectivity index (χ1n) is 8.55. The molecule has 0 fully saturated rings. The first kappa shape index (κ1) is 19.4. The number of hydrogen-bond acceptors (Lipinski definition) is 3. The Bertz CT molecular complexity index is 737. The summed E-state index contributed by atoms with van der Waals surface area (Å²) in [7, 11) is 0. The second kappa shape index (κ2) is 9.56. The summed E-state index contributed by atoms with van der Waals surface area (Å²) in [4.78, 5) is 26.4. The molecule has 138 valence electrons. The number of benzene rings is 2. The van der Waals surface area contributed by atoms with Gasteiger partial charge in [-0.05, 0) is 37.6 Å². The molecule has 1 atom stereocenters. The fourth-order valence-corrected chi connectivity index (χ4v) is 2.47. The standard InChI is InChI=1S/C20H23FN2O3/c1-3-12-23(15(2)20(25)22-17-9-5-4-6-10-17)19(24)14-26-18-11-7-8-16(21)13-18/h4-11,13,15H,3,12,14H2,1-2H3,(H,22,25). The van der Waals surface area contributed by atoms with Crippen molar-refractivity contribution in [3.8, 4) is 5.75 Å². The van der Waals surface area contributed by atoms with Gasteiger partial charge in [0.05, 0.1) is 0 Å². The number of anilines is 1. The molecular weight excluding hydrogens is 335 g/mol. The zero-order valence-electron chi connectivity index (χ0n) is 14.9. The minimum atomic E-state index is -0.654. The van der Waals surface area contributed by atoms with Gasteiger partial charge < -0.3 is 15.0 Å². The van der Waals surface area contributed by atoms with Crippen molar-refractivity contribution in [3.05, 3.63) is 60.4 Å². The zero-order chi connectivity index (χ0) is 18.9. The zero-order valence-corrected chi connectivity index (χ0v) is 14.9. The Morgan fingerprint density at radius 1 is 1.15 bits per heavy atom. The third kappa shape index (κ3) is 5.58. The lowest BCUT2D eigenvalue weighted by Crippen LogP contribution is -2.47. The van der Waals surface area contributed by atoms with Crippen LogP contribution in [0.3, 0.4) is 0 Å². The first-order chi connectivity index (χ1) is 12.5. The maximum Gasteiger partial charge on any atom is 0.261 e. The van der Waals surface area contributed by atoms with Gasteiger partial charge in [0.25, 0.3) is 5.91 Å². The Morgan fingerprint density at radius 3 is 2.54 bits per heavy atom. The van der Waals surface area contributed by atoms with Gasteiger partial charge in [-0.15, -0.1) is 0 Å². The van der Waals surface area contributed by atoms with Gasteiger partial charge in [0.15, 0.2) is 6.61 Å². The van der Waals surface area contributed by atoms with Gasteiger partial charge in [-0.2, -0.15) is 0 Å². The number of carbonyl (C=O) groups is 2. The van der Waals surface area contributed by atoms with Gasteiger partial charge in [0, 0.05) is 18.3 Å². The lowest BCUT2D eigenvalue weighted by atomic mass is 10.2. The number of ether oxygens (including phenoxy) is 1. The van der Waals surface area contributed by atoms with Crippen molar-refractivity contribution in [2.45, 2.75) is 26.3 Å². The molecule has 2 aromatic rings. The van der Waals surface area contributed by atoms with Gasteiger partial charge in [-0.25, -0.2) is 4.39 Å². The van der Waals surface area contributed by atoms with E-state index in [0.717, 1.165) is 0 Å². The monoisotopic (exact) mass is 358 g/mol. The highest BCUT2D eigenvalue weighted by molar-refractivity contribution is 5.97. The van der Waals surface area contributed by atoms with E-state index in [2.05, 4.69) is 5.32 Å². The van der Waals surface area contributed by atoms with Crippen LogP contribution in [0, 0.1) is 5.82 Å². The molecule has 5 nitrogen and oxygen atoms in total. The molecule has 1 N–H and O–H groups in total. The molecule has 2 aromatic carbocycles. The number of halogens is 1. The molecule has 1 unspecified atom stereocenters. The molecule has 0 saturated carbocycles. The molecule has 2 rings (SSSR count). The van der Waals surface area contributed by atoms with Crippen LogP contribution < -0.4 is 10.1 Å². The molecule has 26 heavy (non-hydrogen) atoms. The number of rotatable bonds is 8. The van der Waals surface area contributed by atoms with E-state index in [0.29, 0.717) is 18.7 Å². The van der Waals surface area contributed by atoms with E-state index in [9.17, 15) is 14.0 Å². The number of amides is 2. The number of para-hydroxylation sites is 1. The Hall–Kier alpha value is -2.89. The van der Waals surface area contributed by atoms with Crippen LogP contribution in [0.15, 0.2) is 54.6 Å². The van der Waals surface area contributed by atoms with Crippen LogP contribution in [-0.2, 0) is 9.59 Å². The van der Waals surface area contributed by atoms with E-state index >= 15 is 0 Å². The van der Waals surface area contributed by atoms with E-state index in [1.807, 2.05) is 25.1 Å². The average molecular weight is 358 g/mol. The summed E-state index contributed by atoms with van der Waals surface area (Å²) >= 11 is 0. The van der Waals surface area contributed by atoms with Crippen LogP contribution in [0.5, 0.6) is 5.75 Å². The summed E-state index contributed by atoms with van der Waals surface area (Å²) < 4.78 is 18.5. The van der Waals surface area contributed by atoms with Crippen molar-refractivity contribution in [1.82, 2.24) is 4.90 Å². The fourth-order valence-electron chi connectivity index (χ4n) is 2.47. The van der Waals surface area contributed by atoms with Crippen molar-refractivity contribution in [3.63, 3.8) is 0 Å². The highest BCUT2D eigenvalue weighted by Crippen LogP contribution is 2.13. The molecule has 0 aliphatic heterocycles. The van der Waals surface area contributed by atoms with Crippen molar-refractivity contribution in [2.24, 2.45) is 0 Å². The molecule has 2 amide bonds. The van der Waals surface area contributed by atoms with E-state index in [4.69, 9.17) is 4.74 Å². The topological polar surface area (TPSA) is 58.6 Å². The number of nitrogens with one attached hydrogen (secondary N) is 1. The molecule has 0 aliphatic carbocycles. The lowest BCUT2D eigenvalue weighted by molar-refractivity contribution is -0.139. The van der Waals surface area contributed by atoms with Gasteiger partial charge in [-0.3, -0.25) is 9.59 Å². The average Bonchev–Trinajstić information content (AvgIpc) is 2.64.